The summed E-state index contributed by atoms with van der Waals surface area (Å²) in [5.74, 6) is 0. The Morgan fingerprint density at radius 1 is 1.05 bits per heavy atom. The van der Waals surface area contributed by atoms with Gasteiger partial charge in [-0.05, 0) is 30.4 Å². The van der Waals surface area contributed by atoms with Crippen LogP contribution in [0.15, 0.2) is 36.7 Å². The van der Waals surface area contributed by atoms with Crippen LogP contribution in [0, 0.1) is 0 Å². The number of aromatic nitrogens is 2. The Morgan fingerprint density at radius 2 is 1.80 bits per heavy atom. The Morgan fingerprint density at radius 3 is 2.50 bits per heavy atom. The normalized spacial score (nSPS) is 16.4. The largest absolute Gasteiger partial charge is 0.396 e. The summed E-state index contributed by atoms with van der Waals surface area (Å²) in [6.07, 6.45) is 11.4. The number of aliphatic hydroxyl groups excluding tert-OH is 1. The molecule has 1 aliphatic rings. The Hall–Kier alpha value is -1.61. The van der Waals surface area contributed by atoms with Crippen LogP contribution in [-0.2, 0) is 6.42 Å². The van der Waals surface area contributed by atoms with Gasteiger partial charge in [0, 0.05) is 18.4 Å². The van der Waals surface area contributed by atoms with Crippen molar-refractivity contribution in [2.24, 2.45) is 0 Å². The van der Waals surface area contributed by atoms with E-state index in [1.54, 1.807) is 0 Å². The maximum Gasteiger partial charge on any atom is 0.0568 e. The zero-order valence-corrected chi connectivity index (χ0v) is 11.8. The van der Waals surface area contributed by atoms with E-state index in [4.69, 9.17) is 5.11 Å². The van der Waals surface area contributed by atoms with Crippen molar-refractivity contribution < 1.29 is 5.11 Å². The maximum atomic E-state index is 8.94. The SMILES string of the molecule is OCCc1ccc(-c2cnn(C3CCCCC3)c2)cc1. The third kappa shape index (κ3) is 2.93. The van der Waals surface area contributed by atoms with Crippen LogP contribution in [0.2, 0.25) is 0 Å². The molecular formula is C17H22N2O. The molecule has 2 aromatic rings. The molecule has 0 bridgehead atoms. The molecule has 1 aliphatic carbocycles. The monoisotopic (exact) mass is 270 g/mol. The lowest BCUT2D eigenvalue weighted by Crippen LogP contribution is -2.12. The molecule has 0 amide bonds. The van der Waals surface area contributed by atoms with Gasteiger partial charge in [0.2, 0.25) is 0 Å². The van der Waals surface area contributed by atoms with Crippen molar-refractivity contribution in [2.75, 3.05) is 6.61 Å². The molecule has 1 N–H and O–H groups in total. The molecule has 3 nitrogen and oxygen atoms in total. The van der Waals surface area contributed by atoms with Gasteiger partial charge in [0.25, 0.3) is 0 Å². The van der Waals surface area contributed by atoms with Gasteiger partial charge in [-0.3, -0.25) is 4.68 Å². The number of aliphatic hydroxyl groups is 1. The number of rotatable bonds is 4. The summed E-state index contributed by atoms with van der Waals surface area (Å²) in [5, 5.41) is 13.5. The van der Waals surface area contributed by atoms with Gasteiger partial charge in [0.15, 0.2) is 0 Å². The second kappa shape index (κ2) is 6.23. The predicted octanol–water partition coefficient (Wildman–Crippen LogP) is 3.59. The first kappa shape index (κ1) is 13.4. The van der Waals surface area contributed by atoms with Crippen molar-refractivity contribution in [3.8, 4) is 11.1 Å². The highest BCUT2D eigenvalue weighted by Crippen LogP contribution is 2.29. The summed E-state index contributed by atoms with van der Waals surface area (Å²) < 4.78 is 2.15. The molecule has 1 aromatic carbocycles. The molecule has 0 spiro atoms. The summed E-state index contributed by atoms with van der Waals surface area (Å²) in [6.45, 7) is 0.207. The van der Waals surface area contributed by atoms with Gasteiger partial charge in [-0.2, -0.15) is 5.10 Å². The van der Waals surface area contributed by atoms with E-state index < -0.39 is 0 Å². The first-order valence-electron chi connectivity index (χ1n) is 7.61. The average Bonchev–Trinajstić information content (AvgIpc) is 2.99. The molecule has 0 aliphatic heterocycles. The minimum atomic E-state index is 0.207. The van der Waals surface area contributed by atoms with Crippen LogP contribution in [0.25, 0.3) is 11.1 Å². The Bertz CT molecular complexity index is 538. The molecule has 3 heteroatoms. The molecule has 0 unspecified atom stereocenters. The highest BCUT2D eigenvalue weighted by Gasteiger charge is 2.16. The van der Waals surface area contributed by atoms with Crippen molar-refractivity contribution in [2.45, 2.75) is 44.6 Å². The van der Waals surface area contributed by atoms with E-state index in [1.165, 1.54) is 48.8 Å². The second-order valence-electron chi connectivity index (χ2n) is 5.67. The number of benzene rings is 1. The number of hydrogen-bond acceptors (Lipinski definition) is 2. The van der Waals surface area contributed by atoms with Crippen molar-refractivity contribution in [3.63, 3.8) is 0 Å². The highest BCUT2D eigenvalue weighted by molar-refractivity contribution is 5.61. The smallest absolute Gasteiger partial charge is 0.0568 e. The van der Waals surface area contributed by atoms with E-state index >= 15 is 0 Å². The maximum absolute atomic E-state index is 8.94. The first-order chi connectivity index (χ1) is 9.86. The van der Waals surface area contributed by atoms with E-state index in [9.17, 15) is 0 Å². The molecule has 3 rings (SSSR count). The standard InChI is InChI=1S/C17H22N2O/c20-11-10-14-6-8-15(9-7-14)16-12-18-19(13-16)17-4-2-1-3-5-17/h6-9,12-13,17,20H,1-5,10-11H2. The molecular weight excluding hydrogens is 248 g/mol. The van der Waals surface area contributed by atoms with Crippen molar-refractivity contribution in [1.29, 1.82) is 0 Å². The van der Waals surface area contributed by atoms with Gasteiger partial charge in [0.05, 0.1) is 12.2 Å². The van der Waals surface area contributed by atoms with Gasteiger partial charge in [-0.25, -0.2) is 0 Å². The quantitative estimate of drug-likeness (QED) is 0.922. The van der Waals surface area contributed by atoms with E-state index in [2.05, 4.69) is 40.2 Å². The van der Waals surface area contributed by atoms with Gasteiger partial charge in [0.1, 0.15) is 0 Å². The van der Waals surface area contributed by atoms with Crippen molar-refractivity contribution >= 4 is 0 Å². The van der Waals surface area contributed by atoms with Crippen molar-refractivity contribution in [1.82, 2.24) is 9.78 Å². The van der Waals surface area contributed by atoms with Crippen LogP contribution in [0.3, 0.4) is 0 Å². The third-order valence-electron chi connectivity index (χ3n) is 4.24. The summed E-state index contributed by atoms with van der Waals surface area (Å²) in [4.78, 5) is 0. The Balaban J connectivity index is 1.75. The lowest BCUT2D eigenvalue weighted by Gasteiger charge is -2.21. The predicted molar refractivity (Wildman–Crippen MR) is 80.6 cm³/mol. The first-order valence-corrected chi connectivity index (χ1v) is 7.61. The minimum absolute atomic E-state index is 0.207. The van der Waals surface area contributed by atoms with Crippen molar-refractivity contribution in [3.05, 3.63) is 42.2 Å². The summed E-state index contributed by atoms with van der Waals surface area (Å²) in [7, 11) is 0. The average molecular weight is 270 g/mol. The molecule has 1 saturated carbocycles. The lowest BCUT2D eigenvalue weighted by atomic mass is 9.96. The number of nitrogens with zero attached hydrogens (tertiary/aromatic N) is 2. The van der Waals surface area contributed by atoms with E-state index in [-0.39, 0.29) is 6.61 Å². The highest BCUT2D eigenvalue weighted by atomic mass is 16.2. The second-order valence-corrected chi connectivity index (χ2v) is 5.67. The molecule has 106 valence electrons. The lowest BCUT2D eigenvalue weighted by molar-refractivity contribution is 0.299. The number of hydrogen-bond donors (Lipinski definition) is 1. The summed E-state index contributed by atoms with van der Waals surface area (Å²) in [6, 6.07) is 9.00. The molecule has 1 aromatic heterocycles. The van der Waals surface area contributed by atoms with Gasteiger partial charge in [-0.1, -0.05) is 43.5 Å². The fourth-order valence-electron chi connectivity index (χ4n) is 3.03. The van der Waals surface area contributed by atoms with Crippen LogP contribution in [0.1, 0.15) is 43.7 Å². The Labute approximate surface area is 120 Å². The van der Waals surface area contributed by atoms with E-state index in [0.29, 0.717) is 6.04 Å². The topological polar surface area (TPSA) is 38.1 Å². The van der Waals surface area contributed by atoms with Gasteiger partial charge in [-0.15, -0.1) is 0 Å². The van der Waals surface area contributed by atoms with Crippen LogP contribution in [0.5, 0.6) is 0 Å². The zero-order chi connectivity index (χ0) is 13.8. The fraction of sp³-hybridized carbons (Fsp3) is 0.471. The van der Waals surface area contributed by atoms with Crippen LogP contribution >= 0.6 is 0 Å². The van der Waals surface area contributed by atoms with Crippen LogP contribution in [-0.4, -0.2) is 21.5 Å². The van der Waals surface area contributed by atoms with E-state index in [0.717, 1.165) is 6.42 Å². The van der Waals surface area contributed by atoms with Crippen LogP contribution < -0.4 is 0 Å². The molecule has 1 heterocycles. The van der Waals surface area contributed by atoms with Gasteiger partial charge < -0.3 is 5.11 Å². The fourth-order valence-corrected chi connectivity index (χ4v) is 3.03. The van der Waals surface area contributed by atoms with Gasteiger partial charge >= 0.3 is 0 Å². The summed E-state index contributed by atoms with van der Waals surface area (Å²) >= 11 is 0. The molecule has 20 heavy (non-hydrogen) atoms. The minimum Gasteiger partial charge on any atom is -0.396 e. The molecule has 1 fully saturated rings. The zero-order valence-electron chi connectivity index (χ0n) is 11.8. The molecule has 0 radical (unpaired) electrons. The molecule has 0 atom stereocenters. The third-order valence-corrected chi connectivity index (χ3v) is 4.24. The Kier molecular flexibility index (Phi) is 4.16. The summed E-state index contributed by atoms with van der Waals surface area (Å²) in [5.41, 5.74) is 3.57. The van der Waals surface area contributed by atoms with Crippen LogP contribution in [0.4, 0.5) is 0 Å². The molecule has 0 saturated heterocycles. The van der Waals surface area contributed by atoms with E-state index in [1.807, 2.05) is 6.20 Å².